The van der Waals surface area contributed by atoms with Crippen molar-refractivity contribution in [2.75, 3.05) is 0 Å². The minimum atomic E-state index is 0.444. The molecule has 52 valence electrons. The lowest BCUT2D eigenvalue weighted by atomic mass is 9.93. The van der Waals surface area contributed by atoms with Gasteiger partial charge in [-0.05, 0) is 12.8 Å². The van der Waals surface area contributed by atoms with Gasteiger partial charge in [0.2, 0.25) is 0 Å². The molecule has 2 rings (SSSR count). The Morgan fingerprint density at radius 3 is 1.67 bits per heavy atom. The lowest BCUT2D eigenvalue weighted by Crippen LogP contribution is -2.40. The standard InChI is InChI=1S/C6H12N2S/c7-3-1-5-4(8)2-6(3)9-5/h3-6H,1-2,7-8H2. The third-order valence-corrected chi connectivity index (χ3v) is 4.10. The molecule has 2 heterocycles. The molecule has 0 spiro atoms. The molecule has 2 saturated heterocycles. The predicted molar refractivity (Wildman–Crippen MR) is 40.4 cm³/mol. The molecule has 9 heavy (non-hydrogen) atoms. The SMILES string of the molecule is NC1CC2SC1CC2N. The molecule has 0 saturated carbocycles. The van der Waals surface area contributed by atoms with Crippen molar-refractivity contribution in [2.24, 2.45) is 11.5 Å². The van der Waals surface area contributed by atoms with Gasteiger partial charge in [0.05, 0.1) is 0 Å². The zero-order valence-corrected chi connectivity index (χ0v) is 6.10. The van der Waals surface area contributed by atoms with E-state index in [4.69, 9.17) is 11.5 Å². The first-order chi connectivity index (χ1) is 4.27. The summed E-state index contributed by atoms with van der Waals surface area (Å²) in [6, 6.07) is 0.889. The topological polar surface area (TPSA) is 52.0 Å². The van der Waals surface area contributed by atoms with Gasteiger partial charge in [0, 0.05) is 22.6 Å². The Bertz CT molecular complexity index is 110. The van der Waals surface area contributed by atoms with E-state index in [0.29, 0.717) is 22.6 Å². The fraction of sp³-hybridized carbons (Fsp3) is 1.00. The van der Waals surface area contributed by atoms with Crippen molar-refractivity contribution in [1.82, 2.24) is 0 Å². The molecular formula is C6H12N2S. The number of fused-ring (bicyclic) bond motifs is 2. The number of hydrogen-bond donors (Lipinski definition) is 2. The summed E-state index contributed by atoms with van der Waals surface area (Å²) in [7, 11) is 0. The Balaban J connectivity index is 2.10. The summed E-state index contributed by atoms with van der Waals surface area (Å²) in [6.07, 6.45) is 2.30. The fourth-order valence-electron chi connectivity index (χ4n) is 1.73. The minimum Gasteiger partial charge on any atom is -0.327 e. The first-order valence-corrected chi connectivity index (χ1v) is 4.38. The molecule has 0 aliphatic carbocycles. The van der Waals surface area contributed by atoms with Gasteiger partial charge in [0.25, 0.3) is 0 Å². The zero-order chi connectivity index (χ0) is 6.43. The Hall–Kier alpha value is 0.270. The van der Waals surface area contributed by atoms with Crippen LogP contribution in [-0.2, 0) is 0 Å². The van der Waals surface area contributed by atoms with Crippen LogP contribution in [0.15, 0.2) is 0 Å². The highest BCUT2D eigenvalue weighted by Gasteiger charge is 2.43. The molecule has 2 bridgehead atoms. The number of nitrogens with two attached hydrogens (primary N) is 2. The molecule has 3 heteroatoms. The molecule has 4 atom stereocenters. The molecule has 0 aromatic heterocycles. The third-order valence-electron chi connectivity index (χ3n) is 2.31. The van der Waals surface area contributed by atoms with E-state index in [2.05, 4.69) is 0 Å². The van der Waals surface area contributed by atoms with Gasteiger partial charge in [0.1, 0.15) is 0 Å². The highest BCUT2D eigenvalue weighted by molar-refractivity contribution is 8.01. The van der Waals surface area contributed by atoms with Crippen LogP contribution >= 0.6 is 11.8 Å². The van der Waals surface area contributed by atoms with Crippen molar-refractivity contribution in [3.05, 3.63) is 0 Å². The first kappa shape index (κ1) is 6.01. The van der Waals surface area contributed by atoms with Crippen molar-refractivity contribution in [3.63, 3.8) is 0 Å². The van der Waals surface area contributed by atoms with Crippen LogP contribution < -0.4 is 11.5 Å². The molecule has 4 N–H and O–H groups in total. The summed E-state index contributed by atoms with van der Waals surface area (Å²) in [6.45, 7) is 0. The summed E-state index contributed by atoms with van der Waals surface area (Å²) < 4.78 is 0. The van der Waals surface area contributed by atoms with Crippen molar-refractivity contribution >= 4 is 11.8 Å². The summed E-state index contributed by atoms with van der Waals surface area (Å²) >= 11 is 2.00. The van der Waals surface area contributed by atoms with Crippen LogP contribution in [0.4, 0.5) is 0 Å². The van der Waals surface area contributed by atoms with Crippen LogP contribution in [-0.4, -0.2) is 22.6 Å². The molecule has 0 radical (unpaired) electrons. The van der Waals surface area contributed by atoms with E-state index in [0.717, 1.165) is 12.8 Å². The molecule has 0 aromatic carbocycles. The Morgan fingerprint density at radius 1 is 1.00 bits per heavy atom. The van der Waals surface area contributed by atoms with E-state index in [1.807, 2.05) is 11.8 Å². The Labute approximate surface area is 59.4 Å². The second-order valence-electron chi connectivity index (χ2n) is 3.01. The van der Waals surface area contributed by atoms with E-state index < -0.39 is 0 Å². The molecule has 0 amide bonds. The van der Waals surface area contributed by atoms with Crippen LogP contribution in [0.2, 0.25) is 0 Å². The van der Waals surface area contributed by atoms with Gasteiger partial charge in [-0.15, -0.1) is 0 Å². The van der Waals surface area contributed by atoms with Crippen molar-refractivity contribution in [1.29, 1.82) is 0 Å². The zero-order valence-electron chi connectivity index (χ0n) is 5.29. The minimum absolute atomic E-state index is 0.444. The maximum Gasteiger partial charge on any atom is 0.0217 e. The maximum atomic E-state index is 5.81. The molecule has 2 aliphatic rings. The Morgan fingerprint density at radius 2 is 1.44 bits per heavy atom. The van der Waals surface area contributed by atoms with Gasteiger partial charge in [-0.3, -0.25) is 0 Å². The lowest BCUT2D eigenvalue weighted by molar-refractivity contribution is 0.454. The van der Waals surface area contributed by atoms with Crippen LogP contribution in [0.1, 0.15) is 12.8 Å². The summed E-state index contributed by atoms with van der Waals surface area (Å²) in [4.78, 5) is 0. The van der Waals surface area contributed by atoms with Crippen LogP contribution in [0, 0.1) is 0 Å². The Kier molecular flexibility index (Phi) is 1.25. The van der Waals surface area contributed by atoms with E-state index in [9.17, 15) is 0 Å². The molecular weight excluding hydrogens is 132 g/mol. The van der Waals surface area contributed by atoms with E-state index >= 15 is 0 Å². The first-order valence-electron chi connectivity index (χ1n) is 3.44. The van der Waals surface area contributed by atoms with Crippen molar-refractivity contribution < 1.29 is 0 Å². The van der Waals surface area contributed by atoms with E-state index in [1.165, 1.54) is 0 Å². The summed E-state index contributed by atoms with van der Waals surface area (Å²) in [5.41, 5.74) is 11.6. The van der Waals surface area contributed by atoms with Crippen LogP contribution in [0.25, 0.3) is 0 Å². The van der Waals surface area contributed by atoms with Gasteiger partial charge >= 0.3 is 0 Å². The molecule has 4 unspecified atom stereocenters. The van der Waals surface area contributed by atoms with E-state index in [-0.39, 0.29) is 0 Å². The number of hydrogen-bond acceptors (Lipinski definition) is 3. The monoisotopic (exact) mass is 144 g/mol. The van der Waals surface area contributed by atoms with Crippen molar-refractivity contribution in [2.45, 2.75) is 35.4 Å². The third kappa shape index (κ3) is 0.791. The van der Waals surface area contributed by atoms with Crippen LogP contribution in [0.5, 0.6) is 0 Å². The van der Waals surface area contributed by atoms with E-state index in [1.54, 1.807) is 0 Å². The highest BCUT2D eigenvalue weighted by atomic mass is 32.2. The normalized spacial score (nSPS) is 56.7. The highest BCUT2D eigenvalue weighted by Crippen LogP contribution is 2.44. The van der Waals surface area contributed by atoms with Crippen molar-refractivity contribution in [3.8, 4) is 0 Å². The molecule has 2 aliphatic heterocycles. The summed E-state index contributed by atoms with van der Waals surface area (Å²) in [5.74, 6) is 0. The van der Waals surface area contributed by atoms with Gasteiger partial charge in [-0.1, -0.05) is 0 Å². The average molecular weight is 144 g/mol. The maximum absolute atomic E-state index is 5.81. The van der Waals surface area contributed by atoms with Gasteiger partial charge in [-0.2, -0.15) is 11.8 Å². The largest absolute Gasteiger partial charge is 0.327 e. The predicted octanol–water partition coefficient (Wildman–Crippen LogP) is -0.0812. The molecule has 2 nitrogen and oxygen atoms in total. The number of thioether (sulfide) groups is 1. The lowest BCUT2D eigenvalue weighted by Gasteiger charge is -2.19. The second kappa shape index (κ2) is 1.87. The second-order valence-corrected chi connectivity index (χ2v) is 4.50. The smallest absolute Gasteiger partial charge is 0.0217 e. The molecule has 2 fully saturated rings. The van der Waals surface area contributed by atoms with Gasteiger partial charge in [-0.25, -0.2) is 0 Å². The average Bonchev–Trinajstić information content (AvgIpc) is 2.24. The fourth-order valence-corrected chi connectivity index (χ4v) is 3.47. The molecule has 0 aromatic rings. The quantitative estimate of drug-likeness (QED) is 0.500. The summed E-state index contributed by atoms with van der Waals surface area (Å²) in [5, 5.41) is 1.37. The number of rotatable bonds is 0. The van der Waals surface area contributed by atoms with Gasteiger partial charge < -0.3 is 11.5 Å². The van der Waals surface area contributed by atoms with Gasteiger partial charge in [0.15, 0.2) is 0 Å². The van der Waals surface area contributed by atoms with Crippen LogP contribution in [0.3, 0.4) is 0 Å².